The van der Waals surface area contributed by atoms with Crippen molar-refractivity contribution >= 4 is 0 Å². The van der Waals surface area contributed by atoms with Crippen LogP contribution in [0.2, 0.25) is 0 Å². The first kappa shape index (κ1) is 20.9. The predicted octanol–water partition coefficient (Wildman–Crippen LogP) is 2.28. The zero-order chi connectivity index (χ0) is 21.0. The molecule has 0 aromatic heterocycles. The van der Waals surface area contributed by atoms with Crippen LogP contribution in [0.1, 0.15) is 64.2 Å². The van der Waals surface area contributed by atoms with Crippen LogP contribution in [0.4, 0.5) is 0 Å². The monoisotopic (exact) mass is 420 g/mol. The molecule has 4 fully saturated rings. The molecule has 168 valence electrons. The smallest absolute Gasteiger partial charge is 0.0588 e. The zero-order valence-corrected chi connectivity index (χ0v) is 17.8. The van der Waals surface area contributed by atoms with Crippen molar-refractivity contribution in [2.75, 3.05) is 19.6 Å². The van der Waals surface area contributed by atoms with E-state index in [4.69, 9.17) is 17.5 Å². The van der Waals surface area contributed by atoms with Crippen LogP contribution in [-0.4, -0.2) is 52.8 Å². The van der Waals surface area contributed by atoms with E-state index in [0.29, 0.717) is 5.92 Å². The van der Waals surface area contributed by atoms with E-state index in [9.17, 15) is 0 Å². The molecule has 1 aliphatic carbocycles. The summed E-state index contributed by atoms with van der Waals surface area (Å²) in [5, 5.41) is 30.5. The van der Waals surface area contributed by atoms with Crippen LogP contribution in [0.5, 0.6) is 0 Å². The van der Waals surface area contributed by atoms with Crippen LogP contribution < -0.4 is 17.5 Å². The SMILES string of the molecule is N/N=N/N1CCCC1C(C1CCCC1)(C1CCCN1/N=N/N)C1CCCN1/N=N/N. The van der Waals surface area contributed by atoms with Gasteiger partial charge in [-0.3, -0.25) is 15.0 Å². The topological polar surface area (TPSA) is 162 Å². The van der Waals surface area contributed by atoms with E-state index in [1.807, 2.05) is 0 Å². The highest BCUT2D eigenvalue weighted by Gasteiger charge is 2.63. The van der Waals surface area contributed by atoms with Gasteiger partial charge in [-0.25, -0.2) is 0 Å². The maximum atomic E-state index is 5.52. The second-order valence-electron chi connectivity index (χ2n) is 9.06. The van der Waals surface area contributed by atoms with Gasteiger partial charge < -0.3 is 17.5 Å². The standard InChI is InChI=1S/C18H36N12/c19-22-25-28-11-3-8-15(28)18(14-6-1-2-7-14,16-9-4-12-29(16)26-23-20)17-10-5-13-30(17)27-24-21/h14-17H,1-13H2,(H2,19,25)(H2,20,26)(H2,21,27). The molecule has 6 N–H and O–H groups in total. The van der Waals surface area contributed by atoms with Gasteiger partial charge in [-0.1, -0.05) is 44.2 Å². The first-order valence-electron chi connectivity index (χ1n) is 11.4. The summed E-state index contributed by atoms with van der Waals surface area (Å²) in [4.78, 5) is 0. The number of nitrogens with two attached hydrogens (primary N) is 3. The maximum Gasteiger partial charge on any atom is 0.0588 e. The third kappa shape index (κ3) is 3.39. The minimum Gasteiger partial charge on any atom is -0.303 e. The Kier molecular flexibility index (Phi) is 6.38. The lowest BCUT2D eigenvalue weighted by Gasteiger charge is -2.55. The minimum absolute atomic E-state index is 0.115. The van der Waals surface area contributed by atoms with Crippen molar-refractivity contribution in [2.45, 2.75) is 82.3 Å². The molecule has 12 nitrogen and oxygen atoms in total. The number of rotatable bonds is 7. The van der Waals surface area contributed by atoms with E-state index >= 15 is 0 Å². The molecule has 3 heterocycles. The highest BCUT2D eigenvalue weighted by atomic mass is 15.6. The number of nitrogens with zero attached hydrogens (tertiary/aromatic N) is 9. The van der Waals surface area contributed by atoms with E-state index in [-0.39, 0.29) is 23.5 Å². The second kappa shape index (κ2) is 9.17. The molecule has 30 heavy (non-hydrogen) atoms. The summed E-state index contributed by atoms with van der Waals surface area (Å²) in [6.07, 6.45) is 11.3. The summed E-state index contributed by atoms with van der Waals surface area (Å²) in [5.74, 6) is 17.1. The Morgan fingerprint density at radius 3 is 1.23 bits per heavy atom. The largest absolute Gasteiger partial charge is 0.303 e. The van der Waals surface area contributed by atoms with Crippen molar-refractivity contribution in [3.05, 3.63) is 0 Å². The summed E-state index contributed by atoms with van der Waals surface area (Å²) in [7, 11) is 0. The Morgan fingerprint density at radius 2 is 0.900 bits per heavy atom. The Balaban J connectivity index is 1.86. The van der Waals surface area contributed by atoms with Gasteiger partial charge in [-0.15, -0.1) is 0 Å². The first-order valence-corrected chi connectivity index (χ1v) is 11.4. The van der Waals surface area contributed by atoms with Gasteiger partial charge in [0.15, 0.2) is 0 Å². The fourth-order valence-corrected chi connectivity index (χ4v) is 7.21. The highest BCUT2D eigenvalue weighted by Crippen LogP contribution is 2.57. The van der Waals surface area contributed by atoms with Crippen molar-refractivity contribution < 1.29 is 0 Å². The average Bonchev–Trinajstić information content (AvgIpc) is 3.53. The fraction of sp³-hybridized carbons (Fsp3) is 1.00. The molecule has 3 aliphatic heterocycles. The lowest BCUT2D eigenvalue weighted by molar-refractivity contribution is -0.0911. The van der Waals surface area contributed by atoms with Crippen LogP contribution in [0, 0.1) is 11.3 Å². The van der Waals surface area contributed by atoms with Gasteiger partial charge in [0.05, 0.1) is 18.1 Å². The van der Waals surface area contributed by atoms with Crippen LogP contribution in [0.3, 0.4) is 0 Å². The third-order valence-electron chi connectivity index (χ3n) is 7.97. The lowest BCUT2D eigenvalue weighted by atomic mass is 9.58. The molecule has 3 atom stereocenters. The van der Waals surface area contributed by atoms with Crippen molar-refractivity contribution in [1.82, 2.24) is 15.0 Å². The second-order valence-corrected chi connectivity index (χ2v) is 9.06. The maximum absolute atomic E-state index is 5.52. The Morgan fingerprint density at radius 1 is 0.533 bits per heavy atom. The molecule has 0 radical (unpaired) electrons. The fourth-order valence-electron chi connectivity index (χ4n) is 7.21. The van der Waals surface area contributed by atoms with Crippen molar-refractivity contribution in [3.63, 3.8) is 0 Å². The molecule has 0 aromatic carbocycles. The Bertz CT molecular complexity index is 571. The molecule has 0 amide bonds. The molecule has 0 aromatic rings. The van der Waals surface area contributed by atoms with Gasteiger partial charge in [0.2, 0.25) is 0 Å². The Labute approximate surface area is 177 Å². The van der Waals surface area contributed by atoms with Crippen molar-refractivity contribution in [2.24, 2.45) is 60.2 Å². The Hall–Kier alpha value is -2.40. The number of hydrogen-bond acceptors (Lipinski definition) is 6. The highest BCUT2D eigenvalue weighted by molar-refractivity contribution is 5.14. The van der Waals surface area contributed by atoms with Gasteiger partial charge >= 0.3 is 0 Å². The van der Waals surface area contributed by atoms with Crippen molar-refractivity contribution in [1.29, 1.82) is 0 Å². The van der Waals surface area contributed by atoms with Gasteiger partial charge in [0.1, 0.15) is 0 Å². The van der Waals surface area contributed by atoms with Crippen LogP contribution >= 0.6 is 0 Å². The van der Waals surface area contributed by atoms with Crippen LogP contribution in [0.25, 0.3) is 0 Å². The molecule has 0 bridgehead atoms. The van der Waals surface area contributed by atoms with Gasteiger partial charge in [-0.2, -0.15) is 0 Å². The molecule has 12 heteroatoms. The molecular weight excluding hydrogens is 384 g/mol. The van der Waals surface area contributed by atoms with E-state index in [1.54, 1.807) is 0 Å². The van der Waals surface area contributed by atoms with Gasteiger partial charge in [-0.05, 0) is 57.3 Å². The predicted molar refractivity (Wildman–Crippen MR) is 111 cm³/mol. The quantitative estimate of drug-likeness (QED) is 0.325. The summed E-state index contributed by atoms with van der Waals surface area (Å²) in [6, 6.07) is 0.639. The minimum atomic E-state index is -0.115. The van der Waals surface area contributed by atoms with Crippen LogP contribution in [0.15, 0.2) is 31.3 Å². The summed E-state index contributed by atoms with van der Waals surface area (Å²) < 4.78 is 0. The third-order valence-corrected chi connectivity index (χ3v) is 7.97. The van der Waals surface area contributed by atoms with E-state index in [0.717, 1.165) is 58.2 Å². The van der Waals surface area contributed by atoms with Crippen molar-refractivity contribution in [3.8, 4) is 0 Å². The lowest BCUT2D eigenvalue weighted by Crippen LogP contribution is -2.64. The van der Waals surface area contributed by atoms with Gasteiger partial charge in [0.25, 0.3) is 0 Å². The average molecular weight is 421 g/mol. The summed E-state index contributed by atoms with van der Waals surface area (Å²) in [6.45, 7) is 2.61. The normalized spacial score (nSPS) is 33.2. The summed E-state index contributed by atoms with van der Waals surface area (Å²) >= 11 is 0. The molecule has 3 saturated heterocycles. The van der Waals surface area contributed by atoms with Crippen LogP contribution in [-0.2, 0) is 0 Å². The zero-order valence-electron chi connectivity index (χ0n) is 17.8. The molecule has 4 rings (SSSR count). The van der Waals surface area contributed by atoms with E-state index in [2.05, 4.69) is 46.4 Å². The molecular formula is C18H36N12. The molecule has 4 aliphatic rings. The first-order chi connectivity index (χ1) is 14.8. The summed E-state index contributed by atoms with van der Waals surface area (Å²) in [5.41, 5.74) is -0.115. The molecule has 0 spiro atoms. The van der Waals surface area contributed by atoms with E-state index < -0.39 is 0 Å². The van der Waals surface area contributed by atoms with Gasteiger partial charge in [0, 0.05) is 25.0 Å². The molecule has 3 unspecified atom stereocenters. The molecule has 1 saturated carbocycles. The van der Waals surface area contributed by atoms with E-state index in [1.165, 1.54) is 25.7 Å². The number of hydrogen-bond donors (Lipinski definition) is 3.